The van der Waals surface area contributed by atoms with Gasteiger partial charge in [0.25, 0.3) is 0 Å². The molecule has 2 nitrogen and oxygen atoms in total. The van der Waals surface area contributed by atoms with Crippen molar-refractivity contribution >= 4 is 39.0 Å². The van der Waals surface area contributed by atoms with Gasteiger partial charge in [0.1, 0.15) is 11.2 Å². The minimum Gasteiger partial charge on any atom is -0.456 e. The van der Waals surface area contributed by atoms with Crippen molar-refractivity contribution in [2.75, 3.05) is 4.90 Å². The second-order valence-corrected chi connectivity index (χ2v) is 17.7. The molecule has 1 heterocycles. The summed E-state index contributed by atoms with van der Waals surface area (Å²) in [6.45, 7) is 2.39. The Balaban J connectivity index is 1.08. The molecule has 0 amide bonds. The molecule has 1 atom stereocenters. The summed E-state index contributed by atoms with van der Waals surface area (Å²) in [5, 5.41) is 2.23. The molecule has 0 N–H and O–H groups in total. The van der Waals surface area contributed by atoms with Crippen LogP contribution < -0.4 is 4.90 Å². The summed E-state index contributed by atoms with van der Waals surface area (Å²) in [6, 6.07) is 89.2. The first kappa shape index (κ1) is 37.4. The van der Waals surface area contributed by atoms with Crippen molar-refractivity contribution in [2.45, 2.75) is 17.8 Å². The second kappa shape index (κ2) is 14.4. The Morgan fingerprint density at radius 3 is 1.62 bits per heavy atom. The Hall–Kier alpha value is -8.20. The Bertz CT molecular complexity index is 3580. The summed E-state index contributed by atoms with van der Waals surface area (Å²) in [5.41, 5.74) is 20.5. The standard InChI is InChI=1S/C63H43NO/c1-62(42-20-5-2-6-21-42)54-31-15-11-26-47(54)48-38-36-45(40-57(48)62)64(46-37-39-51-50-28-14-18-35-59(50)65-60(51)41-46)58-34-17-13-27-49(58)52-30-19-33-56-61(52)53-29-12-16-32-55(53)63(56,43-22-7-3-8-23-43)44-24-9-4-10-25-44/h2-41H,1H3. The average Bonchev–Trinajstić information content (AvgIpc) is 3.99. The van der Waals surface area contributed by atoms with Crippen LogP contribution >= 0.6 is 0 Å². The summed E-state index contributed by atoms with van der Waals surface area (Å²) < 4.78 is 6.62. The predicted molar refractivity (Wildman–Crippen MR) is 269 cm³/mol. The number of para-hydroxylation sites is 2. The zero-order chi connectivity index (χ0) is 43.1. The number of nitrogens with zero attached hydrogens (tertiary/aromatic N) is 1. The van der Waals surface area contributed by atoms with Gasteiger partial charge in [-0.25, -0.2) is 0 Å². The number of fused-ring (bicyclic) bond motifs is 9. The van der Waals surface area contributed by atoms with Crippen molar-refractivity contribution < 1.29 is 4.42 Å². The van der Waals surface area contributed by atoms with E-state index in [1.807, 2.05) is 6.07 Å². The molecule has 0 saturated carbocycles. The van der Waals surface area contributed by atoms with Crippen LogP contribution in [0.4, 0.5) is 17.1 Å². The second-order valence-electron chi connectivity index (χ2n) is 17.7. The Morgan fingerprint density at radius 1 is 0.338 bits per heavy atom. The molecular formula is C63H43NO. The third kappa shape index (κ3) is 5.35. The number of hydrogen-bond acceptors (Lipinski definition) is 2. The minimum absolute atomic E-state index is 0.362. The van der Waals surface area contributed by atoms with Gasteiger partial charge in [0, 0.05) is 39.2 Å². The molecule has 13 rings (SSSR count). The highest BCUT2D eigenvalue weighted by Gasteiger charge is 2.47. The molecule has 1 unspecified atom stereocenters. The lowest BCUT2D eigenvalue weighted by Gasteiger charge is -2.34. The van der Waals surface area contributed by atoms with Crippen LogP contribution in [-0.4, -0.2) is 0 Å². The van der Waals surface area contributed by atoms with Gasteiger partial charge >= 0.3 is 0 Å². The number of rotatable bonds is 7. The molecule has 0 spiro atoms. The van der Waals surface area contributed by atoms with Crippen molar-refractivity contribution in [1.82, 2.24) is 0 Å². The van der Waals surface area contributed by atoms with Gasteiger partial charge in [0.2, 0.25) is 0 Å². The predicted octanol–water partition coefficient (Wildman–Crippen LogP) is 16.4. The van der Waals surface area contributed by atoms with E-state index >= 15 is 0 Å². The van der Waals surface area contributed by atoms with Gasteiger partial charge in [-0.3, -0.25) is 0 Å². The summed E-state index contributed by atoms with van der Waals surface area (Å²) in [4.78, 5) is 2.46. The van der Waals surface area contributed by atoms with E-state index in [1.54, 1.807) is 0 Å². The molecule has 1 aromatic heterocycles. The first-order valence-electron chi connectivity index (χ1n) is 22.6. The lowest BCUT2D eigenvalue weighted by molar-refractivity contribution is 0.669. The van der Waals surface area contributed by atoms with E-state index in [9.17, 15) is 0 Å². The molecule has 0 fully saturated rings. The van der Waals surface area contributed by atoms with E-state index in [4.69, 9.17) is 4.42 Å². The van der Waals surface area contributed by atoms with Crippen LogP contribution in [-0.2, 0) is 10.8 Å². The molecule has 0 saturated heterocycles. The van der Waals surface area contributed by atoms with Gasteiger partial charge in [0.05, 0.1) is 11.1 Å². The van der Waals surface area contributed by atoms with Crippen molar-refractivity contribution in [3.05, 3.63) is 282 Å². The largest absolute Gasteiger partial charge is 0.456 e. The number of hydrogen-bond donors (Lipinski definition) is 0. The maximum Gasteiger partial charge on any atom is 0.137 e. The molecular weight excluding hydrogens is 787 g/mol. The quantitative estimate of drug-likeness (QED) is 0.159. The summed E-state index contributed by atoms with van der Waals surface area (Å²) >= 11 is 0. The Labute approximate surface area is 379 Å². The van der Waals surface area contributed by atoms with Gasteiger partial charge in [-0.1, -0.05) is 200 Å². The maximum absolute atomic E-state index is 6.62. The molecule has 2 aliphatic rings. The lowest BCUT2D eigenvalue weighted by Crippen LogP contribution is -2.28. The fraction of sp³-hybridized carbons (Fsp3) is 0.0476. The first-order valence-corrected chi connectivity index (χ1v) is 22.6. The van der Waals surface area contributed by atoms with Gasteiger partial charge in [0.15, 0.2) is 0 Å². The van der Waals surface area contributed by atoms with Crippen LogP contribution in [0.1, 0.15) is 45.9 Å². The zero-order valence-electron chi connectivity index (χ0n) is 35.9. The third-order valence-corrected chi connectivity index (χ3v) is 14.4. The van der Waals surface area contributed by atoms with Gasteiger partial charge in [-0.2, -0.15) is 0 Å². The van der Waals surface area contributed by atoms with Crippen LogP contribution in [0.2, 0.25) is 0 Å². The fourth-order valence-electron chi connectivity index (χ4n) is 11.6. The van der Waals surface area contributed by atoms with Crippen molar-refractivity contribution in [2.24, 2.45) is 0 Å². The van der Waals surface area contributed by atoms with E-state index in [0.717, 1.165) is 44.6 Å². The number of anilines is 3. The smallest absolute Gasteiger partial charge is 0.137 e. The summed E-state index contributed by atoms with van der Waals surface area (Å²) in [7, 11) is 0. The third-order valence-electron chi connectivity index (χ3n) is 14.4. The molecule has 0 aliphatic heterocycles. The molecule has 0 bridgehead atoms. The molecule has 2 aliphatic carbocycles. The zero-order valence-corrected chi connectivity index (χ0v) is 35.9. The molecule has 2 heteroatoms. The molecule has 306 valence electrons. The van der Waals surface area contributed by atoms with Crippen molar-refractivity contribution in [3.63, 3.8) is 0 Å². The summed E-state index contributed by atoms with van der Waals surface area (Å²) in [5.74, 6) is 0. The molecule has 11 aromatic rings. The monoisotopic (exact) mass is 829 g/mol. The first-order chi connectivity index (χ1) is 32.1. The minimum atomic E-state index is -0.512. The maximum atomic E-state index is 6.62. The van der Waals surface area contributed by atoms with Crippen LogP contribution in [0.25, 0.3) is 55.3 Å². The molecule has 10 aromatic carbocycles. The normalized spacial score (nSPS) is 15.3. The highest BCUT2D eigenvalue weighted by molar-refractivity contribution is 6.07. The number of benzene rings is 10. The highest BCUT2D eigenvalue weighted by atomic mass is 16.3. The summed E-state index contributed by atoms with van der Waals surface area (Å²) in [6.07, 6.45) is 0. The lowest BCUT2D eigenvalue weighted by atomic mass is 9.67. The SMILES string of the molecule is CC1(c2ccccc2)c2ccccc2-c2ccc(N(c3ccc4c(c3)oc3ccccc34)c3ccccc3-c3cccc4c3-c3ccccc3C4(c3ccccc3)c3ccccc3)cc21. The molecule has 65 heavy (non-hydrogen) atoms. The van der Waals surface area contributed by atoms with E-state index in [2.05, 4.69) is 248 Å². The molecule has 0 radical (unpaired) electrons. The van der Waals surface area contributed by atoms with Gasteiger partial charge in [-0.05, 0) is 110 Å². The van der Waals surface area contributed by atoms with Gasteiger partial charge in [-0.15, -0.1) is 0 Å². The van der Waals surface area contributed by atoms with Crippen molar-refractivity contribution in [1.29, 1.82) is 0 Å². The van der Waals surface area contributed by atoms with E-state index in [-0.39, 0.29) is 5.41 Å². The van der Waals surface area contributed by atoms with E-state index in [1.165, 1.54) is 66.8 Å². The fourth-order valence-corrected chi connectivity index (χ4v) is 11.6. The topological polar surface area (TPSA) is 16.4 Å². The van der Waals surface area contributed by atoms with E-state index in [0.29, 0.717) is 0 Å². The van der Waals surface area contributed by atoms with Crippen LogP contribution in [0.15, 0.2) is 247 Å². The van der Waals surface area contributed by atoms with Crippen LogP contribution in [0, 0.1) is 0 Å². The van der Waals surface area contributed by atoms with E-state index < -0.39 is 5.41 Å². The Kier molecular flexibility index (Phi) is 8.29. The van der Waals surface area contributed by atoms with Gasteiger partial charge < -0.3 is 9.32 Å². The van der Waals surface area contributed by atoms with Crippen LogP contribution in [0.5, 0.6) is 0 Å². The highest BCUT2D eigenvalue weighted by Crippen LogP contribution is 2.60. The van der Waals surface area contributed by atoms with Crippen LogP contribution in [0.3, 0.4) is 0 Å². The Morgan fingerprint density at radius 2 is 0.862 bits per heavy atom. The average molecular weight is 830 g/mol. The number of furan rings is 1. The van der Waals surface area contributed by atoms with Crippen molar-refractivity contribution in [3.8, 4) is 33.4 Å².